The van der Waals surface area contributed by atoms with Gasteiger partial charge in [-0.1, -0.05) is 24.3 Å². The van der Waals surface area contributed by atoms with Crippen LogP contribution in [0.5, 0.6) is 0 Å². The Morgan fingerprint density at radius 3 is 3.00 bits per heavy atom. The summed E-state index contributed by atoms with van der Waals surface area (Å²) in [5.74, 6) is 0.0488. The van der Waals surface area contributed by atoms with Crippen molar-refractivity contribution in [3.05, 3.63) is 35.4 Å². The Balaban J connectivity index is 1.69. The van der Waals surface area contributed by atoms with Crippen LogP contribution in [0.25, 0.3) is 0 Å². The van der Waals surface area contributed by atoms with Gasteiger partial charge in [0.1, 0.15) is 0 Å². The molecule has 1 heterocycles. The van der Waals surface area contributed by atoms with Gasteiger partial charge in [-0.05, 0) is 43.9 Å². The van der Waals surface area contributed by atoms with E-state index in [0.717, 1.165) is 25.8 Å². The predicted octanol–water partition coefficient (Wildman–Crippen LogP) is 1.11. The molecule has 1 saturated heterocycles. The molecule has 1 fully saturated rings. The molecule has 110 valence electrons. The fraction of sp³-hybridized carbons (Fsp3) is 0.562. The van der Waals surface area contributed by atoms with E-state index in [1.807, 2.05) is 17.0 Å². The van der Waals surface area contributed by atoms with Gasteiger partial charge >= 0.3 is 0 Å². The first kappa shape index (κ1) is 15.0. The monoisotopic (exact) mass is 276 g/mol. The average Bonchev–Trinajstić information content (AvgIpc) is 2.41. The summed E-state index contributed by atoms with van der Waals surface area (Å²) in [6, 6.07) is 8.24. The number of β-amino-alcohol motifs (C(OH)–C–C–N with tert-alkyl or cyclic N) is 1. The third-order valence-electron chi connectivity index (χ3n) is 3.83. The molecule has 1 aromatic rings. The maximum Gasteiger partial charge on any atom is 0.234 e. The summed E-state index contributed by atoms with van der Waals surface area (Å²) in [6.45, 7) is 4.67. The van der Waals surface area contributed by atoms with E-state index in [0.29, 0.717) is 19.6 Å². The first-order chi connectivity index (χ1) is 9.65. The predicted molar refractivity (Wildman–Crippen MR) is 79.6 cm³/mol. The highest BCUT2D eigenvalue weighted by Crippen LogP contribution is 2.09. The topological polar surface area (TPSA) is 52.6 Å². The van der Waals surface area contributed by atoms with Gasteiger partial charge in [-0.3, -0.25) is 9.69 Å². The number of likely N-dealkylation sites (tertiary alicyclic amines) is 1. The largest absolute Gasteiger partial charge is 0.392 e. The zero-order chi connectivity index (χ0) is 14.4. The molecule has 1 amide bonds. The van der Waals surface area contributed by atoms with Crippen LogP contribution in [0.4, 0.5) is 0 Å². The number of nitrogens with one attached hydrogen (secondary N) is 1. The first-order valence-electron chi connectivity index (χ1n) is 7.37. The minimum Gasteiger partial charge on any atom is -0.392 e. The molecule has 1 aromatic carbocycles. The summed E-state index contributed by atoms with van der Waals surface area (Å²) < 4.78 is 0. The van der Waals surface area contributed by atoms with E-state index < -0.39 is 0 Å². The highest BCUT2D eigenvalue weighted by Gasteiger charge is 2.19. The molecule has 4 nitrogen and oxygen atoms in total. The van der Waals surface area contributed by atoms with Crippen LogP contribution in [0.3, 0.4) is 0 Å². The Hall–Kier alpha value is -1.39. The van der Waals surface area contributed by atoms with Crippen molar-refractivity contribution in [3.8, 4) is 0 Å². The molecule has 0 spiro atoms. The molecule has 2 N–H and O–H groups in total. The van der Waals surface area contributed by atoms with E-state index >= 15 is 0 Å². The second-order valence-corrected chi connectivity index (χ2v) is 5.56. The summed E-state index contributed by atoms with van der Waals surface area (Å²) >= 11 is 0. The van der Waals surface area contributed by atoms with Crippen LogP contribution in [0.15, 0.2) is 24.3 Å². The number of aryl methyl sites for hydroxylation is 1. The van der Waals surface area contributed by atoms with Crippen LogP contribution in [0.2, 0.25) is 0 Å². The first-order valence-corrected chi connectivity index (χ1v) is 7.37. The fourth-order valence-corrected chi connectivity index (χ4v) is 2.66. The van der Waals surface area contributed by atoms with Crippen molar-refractivity contribution in [1.29, 1.82) is 0 Å². The number of carbonyl (C=O) groups excluding carboxylic acids is 1. The molecular weight excluding hydrogens is 252 g/mol. The fourth-order valence-electron chi connectivity index (χ4n) is 2.66. The van der Waals surface area contributed by atoms with Gasteiger partial charge in [0.15, 0.2) is 0 Å². The van der Waals surface area contributed by atoms with E-state index in [9.17, 15) is 9.90 Å². The molecule has 0 aliphatic carbocycles. The molecule has 2 rings (SSSR count). The highest BCUT2D eigenvalue weighted by molar-refractivity contribution is 5.78. The standard InChI is InChI=1S/C16H24N2O2/c1-13-5-2-3-6-14(13)8-9-17-16(20)12-18-10-4-7-15(19)11-18/h2-3,5-6,15,19H,4,7-12H2,1H3,(H,17,20)/t15-/m0/s1. The average molecular weight is 276 g/mol. The minimum atomic E-state index is -0.275. The minimum absolute atomic E-state index is 0.0488. The quantitative estimate of drug-likeness (QED) is 0.847. The van der Waals surface area contributed by atoms with Gasteiger partial charge < -0.3 is 10.4 Å². The van der Waals surface area contributed by atoms with Crippen molar-refractivity contribution < 1.29 is 9.90 Å². The molecule has 4 heteroatoms. The summed E-state index contributed by atoms with van der Waals surface area (Å²) in [4.78, 5) is 13.9. The zero-order valence-electron chi connectivity index (χ0n) is 12.1. The van der Waals surface area contributed by atoms with Gasteiger partial charge in [0, 0.05) is 13.1 Å². The van der Waals surface area contributed by atoms with Gasteiger partial charge in [-0.25, -0.2) is 0 Å². The van der Waals surface area contributed by atoms with E-state index in [4.69, 9.17) is 0 Å². The maximum atomic E-state index is 11.9. The van der Waals surface area contributed by atoms with Crippen LogP contribution in [-0.2, 0) is 11.2 Å². The Morgan fingerprint density at radius 1 is 1.45 bits per heavy atom. The number of rotatable bonds is 5. The second-order valence-electron chi connectivity index (χ2n) is 5.56. The zero-order valence-corrected chi connectivity index (χ0v) is 12.1. The molecule has 1 aliphatic rings. The highest BCUT2D eigenvalue weighted by atomic mass is 16.3. The van der Waals surface area contributed by atoms with Crippen LogP contribution < -0.4 is 5.32 Å². The third kappa shape index (κ3) is 4.62. The SMILES string of the molecule is Cc1ccccc1CCNC(=O)CN1CCC[C@H](O)C1. The summed E-state index contributed by atoms with van der Waals surface area (Å²) in [5.41, 5.74) is 2.54. The molecule has 20 heavy (non-hydrogen) atoms. The maximum absolute atomic E-state index is 11.9. The number of hydrogen-bond donors (Lipinski definition) is 2. The number of carbonyl (C=O) groups is 1. The van der Waals surface area contributed by atoms with Crippen LogP contribution in [-0.4, -0.2) is 48.2 Å². The lowest BCUT2D eigenvalue weighted by atomic mass is 10.1. The van der Waals surface area contributed by atoms with Crippen molar-refractivity contribution in [3.63, 3.8) is 0 Å². The number of aliphatic hydroxyl groups is 1. The van der Waals surface area contributed by atoms with Gasteiger partial charge in [0.05, 0.1) is 12.6 Å². The number of piperidine rings is 1. The van der Waals surface area contributed by atoms with Crippen molar-refractivity contribution in [1.82, 2.24) is 10.2 Å². The molecule has 0 radical (unpaired) electrons. The smallest absolute Gasteiger partial charge is 0.234 e. The van der Waals surface area contributed by atoms with Gasteiger partial charge in [-0.2, -0.15) is 0 Å². The molecule has 0 aromatic heterocycles. The molecular formula is C16H24N2O2. The van der Waals surface area contributed by atoms with Crippen LogP contribution in [0, 0.1) is 6.92 Å². The van der Waals surface area contributed by atoms with E-state index in [2.05, 4.69) is 24.4 Å². The molecule has 1 aliphatic heterocycles. The van der Waals surface area contributed by atoms with Crippen molar-refractivity contribution in [2.45, 2.75) is 32.3 Å². The molecule has 1 atom stereocenters. The summed E-state index contributed by atoms with van der Waals surface area (Å²) in [5, 5.41) is 12.5. The normalized spacial score (nSPS) is 19.8. The summed E-state index contributed by atoms with van der Waals surface area (Å²) in [7, 11) is 0. The number of amides is 1. The second kappa shape index (κ2) is 7.41. The number of benzene rings is 1. The van der Waals surface area contributed by atoms with Gasteiger partial charge in [0.2, 0.25) is 5.91 Å². The Bertz CT molecular complexity index is 448. The Labute approximate surface area is 120 Å². The van der Waals surface area contributed by atoms with E-state index in [1.165, 1.54) is 11.1 Å². The van der Waals surface area contributed by atoms with Gasteiger partial charge in [0.25, 0.3) is 0 Å². The summed E-state index contributed by atoms with van der Waals surface area (Å²) in [6.07, 6.45) is 2.41. The van der Waals surface area contributed by atoms with Gasteiger partial charge in [-0.15, -0.1) is 0 Å². The molecule has 0 saturated carbocycles. The molecule has 0 bridgehead atoms. The van der Waals surface area contributed by atoms with Crippen molar-refractivity contribution >= 4 is 5.91 Å². The van der Waals surface area contributed by atoms with Crippen molar-refractivity contribution in [2.75, 3.05) is 26.2 Å². The lowest BCUT2D eigenvalue weighted by molar-refractivity contribution is -0.122. The van der Waals surface area contributed by atoms with E-state index in [-0.39, 0.29) is 12.0 Å². The van der Waals surface area contributed by atoms with Crippen molar-refractivity contribution in [2.24, 2.45) is 0 Å². The van der Waals surface area contributed by atoms with Crippen LogP contribution >= 0.6 is 0 Å². The van der Waals surface area contributed by atoms with E-state index in [1.54, 1.807) is 0 Å². The lowest BCUT2D eigenvalue weighted by Crippen LogP contribution is -2.44. The Morgan fingerprint density at radius 2 is 2.25 bits per heavy atom. The Kier molecular flexibility index (Phi) is 5.56. The molecule has 0 unspecified atom stereocenters. The third-order valence-corrected chi connectivity index (χ3v) is 3.83. The number of hydrogen-bond acceptors (Lipinski definition) is 3. The lowest BCUT2D eigenvalue weighted by Gasteiger charge is -2.29. The number of aliphatic hydroxyl groups excluding tert-OH is 1. The van der Waals surface area contributed by atoms with Crippen LogP contribution in [0.1, 0.15) is 24.0 Å². The number of nitrogens with zero attached hydrogens (tertiary/aromatic N) is 1.